The predicted molar refractivity (Wildman–Crippen MR) is 134 cm³/mol. The van der Waals surface area contributed by atoms with Gasteiger partial charge in [-0.25, -0.2) is 4.98 Å². The lowest BCUT2D eigenvalue weighted by Gasteiger charge is -2.32. The number of nitrogens with zero attached hydrogens (tertiary/aromatic N) is 5. The highest BCUT2D eigenvalue weighted by Gasteiger charge is 2.39. The van der Waals surface area contributed by atoms with Gasteiger partial charge in [0.2, 0.25) is 11.9 Å². The van der Waals surface area contributed by atoms with Crippen molar-refractivity contribution >= 4 is 29.3 Å². The Balaban J connectivity index is 1.50. The fourth-order valence-electron chi connectivity index (χ4n) is 4.71. The Hall–Kier alpha value is -3.41. The zero-order valence-corrected chi connectivity index (χ0v) is 21.2. The quantitative estimate of drug-likeness (QED) is 0.605. The van der Waals surface area contributed by atoms with Crippen molar-refractivity contribution in [1.29, 1.82) is 0 Å². The number of carbonyl (C=O) groups excluding carboxylic acids is 2. The lowest BCUT2D eigenvalue weighted by Crippen LogP contribution is -2.47. The Morgan fingerprint density at radius 3 is 2.35 bits per heavy atom. The standard InChI is InChI=1S/C25H32F3N7O2/c1-33(2)23(37)18-5-4-6-20(18)31-21-19(25(26,27)28)15-29-24(32-21)30-17-9-7-16(8-10-17)22(36)35-13-11-34(3)12-14-35/h7-10,15,18,20H,4-6,11-14H2,1-3H3,(H2,29,30,31,32). The van der Waals surface area contributed by atoms with Crippen molar-refractivity contribution in [3.8, 4) is 0 Å². The number of anilines is 3. The molecule has 200 valence electrons. The highest BCUT2D eigenvalue weighted by Crippen LogP contribution is 2.37. The van der Waals surface area contributed by atoms with Crippen molar-refractivity contribution in [2.24, 2.45) is 5.92 Å². The van der Waals surface area contributed by atoms with E-state index >= 15 is 0 Å². The van der Waals surface area contributed by atoms with Gasteiger partial charge in [0.15, 0.2) is 0 Å². The van der Waals surface area contributed by atoms with Crippen LogP contribution in [-0.2, 0) is 11.0 Å². The van der Waals surface area contributed by atoms with E-state index in [1.807, 2.05) is 7.05 Å². The van der Waals surface area contributed by atoms with Gasteiger partial charge in [-0.2, -0.15) is 18.2 Å². The Bertz CT molecular complexity index is 1120. The smallest absolute Gasteiger partial charge is 0.366 e. The summed E-state index contributed by atoms with van der Waals surface area (Å²) in [6.45, 7) is 2.95. The first-order valence-electron chi connectivity index (χ1n) is 12.3. The Morgan fingerprint density at radius 2 is 1.73 bits per heavy atom. The number of hydrogen-bond donors (Lipinski definition) is 2. The van der Waals surface area contributed by atoms with Crippen molar-refractivity contribution < 1.29 is 22.8 Å². The molecule has 1 aromatic heterocycles. The van der Waals surface area contributed by atoms with Gasteiger partial charge in [0.25, 0.3) is 5.91 Å². The third kappa shape index (κ3) is 6.30. The first-order chi connectivity index (χ1) is 17.5. The summed E-state index contributed by atoms with van der Waals surface area (Å²) < 4.78 is 41.1. The number of halogens is 3. The van der Waals surface area contributed by atoms with Gasteiger partial charge in [0, 0.05) is 63.8 Å². The van der Waals surface area contributed by atoms with Crippen LogP contribution in [-0.4, -0.2) is 89.8 Å². The summed E-state index contributed by atoms with van der Waals surface area (Å²) in [5.74, 6) is -0.997. The number of aromatic nitrogens is 2. The highest BCUT2D eigenvalue weighted by atomic mass is 19.4. The summed E-state index contributed by atoms with van der Waals surface area (Å²) in [6.07, 6.45) is -2.02. The second-order valence-corrected chi connectivity index (χ2v) is 9.77. The van der Waals surface area contributed by atoms with Crippen LogP contribution in [0.15, 0.2) is 30.5 Å². The van der Waals surface area contributed by atoms with E-state index in [2.05, 4.69) is 25.5 Å². The molecule has 1 aliphatic heterocycles. The minimum atomic E-state index is -4.66. The number of nitrogens with one attached hydrogen (secondary N) is 2. The van der Waals surface area contributed by atoms with Crippen LogP contribution in [0.5, 0.6) is 0 Å². The number of alkyl halides is 3. The molecule has 2 fully saturated rings. The van der Waals surface area contributed by atoms with E-state index in [4.69, 9.17) is 0 Å². The predicted octanol–water partition coefficient (Wildman–Crippen LogP) is 3.30. The first kappa shape index (κ1) is 26.6. The third-order valence-corrected chi connectivity index (χ3v) is 6.87. The lowest BCUT2D eigenvalue weighted by atomic mass is 10.0. The molecule has 1 saturated carbocycles. The van der Waals surface area contributed by atoms with Crippen molar-refractivity contribution in [3.05, 3.63) is 41.6 Å². The molecule has 0 radical (unpaired) electrons. The van der Waals surface area contributed by atoms with Gasteiger partial charge < -0.3 is 25.3 Å². The molecule has 4 rings (SSSR count). The Kier molecular flexibility index (Phi) is 7.86. The van der Waals surface area contributed by atoms with Gasteiger partial charge in [-0.1, -0.05) is 6.42 Å². The average Bonchev–Trinajstić information content (AvgIpc) is 3.31. The molecule has 1 saturated heterocycles. The van der Waals surface area contributed by atoms with Gasteiger partial charge >= 0.3 is 6.18 Å². The molecule has 2 heterocycles. The molecule has 1 aromatic carbocycles. The largest absolute Gasteiger partial charge is 0.421 e. The molecule has 0 bridgehead atoms. The fraction of sp³-hybridized carbons (Fsp3) is 0.520. The van der Waals surface area contributed by atoms with Crippen LogP contribution in [0.2, 0.25) is 0 Å². The van der Waals surface area contributed by atoms with E-state index in [1.165, 1.54) is 4.90 Å². The van der Waals surface area contributed by atoms with E-state index < -0.39 is 23.7 Å². The first-order valence-corrected chi connectivity index (χ1v) is 12.3. The maximum atomic E-state index is 13.7. The van der Waals surface area contributed by atoms with Gasteiger partial charge in [-0.3, -0.25) is 9.59 Å². The number of rotatable bonds is 6. The van der Waals surface area contributed by atoms with E-state index in [-0.39, 0.29) is 23.6 Å². The SMILES string of the molecule is CN1CCN(C(=O)c2ccc(Nc3ncc(C(F)(F)F)c(NC4CCCC4C(=O)N(C)C)n3)cc2)CC1. The van der Waals surface area contributed by atoms with Gasteiger partial charge in [0.1, 0.15) is 11.4 Å². The average molecular weight is 520 g/mol. The molecular weight excluding hydrogens is 487 g/mol. The summed E-state index contributed by atoms with van der Waals surface area (Å²) in [7, 11) is 5.28. The van der Waals surface area contributed by atoms with Crippen LogP contribution in [0.3, 0.4) is 0 Å². The van der Waals surface area contributed by atoms with Crippen molar-refractivity contribution in [3.63, 3.8) is 0 Å². The number of hydrogen-bond acceptors (Lipinski definition) is 7. The number of piperazine rings is 1. The van der Waals surface area contributed by atoms with E-state index in [1.54, 1.807) is 43.3 Å². The Labute approximate surface area is 214 Å². The number of likely N-dealkylation sites (N-methyl/N-ethyl adjacent to an activating group) is 1. The van der Waals surface area contributed by atoms with Crippen LogP contribution in [0.25, 0.3) is 0 Å². The second kappa shape index (κ2) is 10.9. The Morgan fingerprint density at radius 1 is 1.05 bits per heavy atom. The normalized spacial score (nSPS) is 20.5. The summed E-state index contributed by atoms with van der Waals surface area (Å²) in [4.78, 5) is 38.7. The van der Waals surface area contributed by atoms with Crippen molar-refractivity contribution in [2.75, 3.05) is 58.0 Å². The number of benzene rings is 1. The minimum absolute atomic E-state index is 0.0258. The number of carbonyl (C=O) groups is 2. The molecule has 2 aliphatic rings. The zero-order valence-electron chi connectivity index (χ0n) is 21.2. The summed E-state index contributed by atoms with van der Waals surface area (Å²) >= 11 is 0. The molecule has 2 atom stereocenters. The molecule has 12 heteroatoms. The van der Waals surface area contributed by atoms with Crippen LogP contribution in [0, 0.1) is 5.92 Å². The second-order valence-electron chi connectivity index (χ2n) is 9.77. The topological polar surface area (TPSA) is 93.7 Å². The lowest BCUT2D eigenvalue weighted by molar-refractivity contribution is -0.137. The molecule has 2 amide bonds. The maximum Gasteiger partial charge on any atom is 0.421 e. The zero-order chi connectivity index (χ0) is 26.7. The third-order valence-electron chi connectivity index (χ3n) is 6.87. The maximum absolute atomic E-state index is 13.7. The molecule has 2 N–H and O–H groups in total. The molecule has 2 unspecified atom stereocenters. The minimum Gasteiger partial charge on any atom is -0.366 e. The van der Waals surface area contributed by atoms with E-state index in [9.17, 15) is 22.8 Å². The monoisotopic (exact) mass is 519 g/mol. The fourth-order valence-corrected chi connectivity index (χ4v) is 4.71. The molecule has 37 heavy (non-hydrogen) atoms. The molecule has 9 nitrogen and oxygen atoms in total. The number of amides is 2. The summed E-state index contributed by atoms with van der Waals surface area (Å²) in [5.41, 5.74) is 0.0694. The molecule has 0 spiro atoms. The van der Waals surface area contributed by atoms with Gasteiger partial charge in [-0.15, -0.1) is 0 Å². The van der Waals surface area contributed by atoms with Crippen LogP contribution < -0.4 is 10.6 Å². The molecule has 2 aromatic rings. The van der Waals surface area contributed by atoms with Crippen molar-refractivity contribution in [2.45, 2.75) is 31.5 Å². The van der Waals surface area contributed by atoms with Gasteiger partial charge in [0.05, 0.1) is 5.92 Å². The summed E-state index contributed by atoms with van der Waals surface area (Å²) in [5, 5.41) is 5.79. The van der Waals surface area contributed by atoms with E-state index in [0.717, 1.165) is 25.7 Å². The molecular formula is C25H32F3N7O2. The van der Waals surface area contributed by atoms with E-state index in [0.29, 0.717) is 37.2 Å². The van der Waals surface area contributed by atoms with Gasteiger partial charge in [-0.05, 0) is 44.2 Å². The molecule has 1 aliphatic carbocycles. The summed E-state index contributed by atoms with van der Waals surface area (Å²) in [6, 6.07) is 6.21. The van der Waals surface area contributed by atoms with Crippen LogP contribution >= 0.6 is 0 Å². The van der Waals surface area contributed by atoms with Crippen LogP contribution in [0.1, 0.15) is 35.2 Å². The van der Waals surface area contributed by atoms with Crippen LogP contribution in [0.4, 0.5) is 30.6 Å². The van der Waals surface area contributed by atoms with Crippen molar-refractivity contribution in [1.82, 2.24) is 24.7 Å². The highest BCUT2D eigenvalue weighted by molar-refractivity contribution is 5.94.